The van der Waals surface area contributed by atoms with Crippen molar-refractivity contribution in [2.75, 3.05) is 32.2 Å². The summed E-state index contributed by atoms with van der Waals surface area (Å²) in [5, 5.41) is 13.2. The number of aryl methyl sites for hydroxylation is 1. The fourth-order valence-corrected chi connectivity index (χ4v) is 5.67. The summed E-state index contributed by atoms with van der Waals surface area (Å²) in [5.41, 5.74) is 3.55. The highest BCUT2D eigenvalue weighted by atomic mass is 16.6. The topological polar surface area (TPSA) is 118 Å². The van der Waals surface area contributed by atoms with Gasteiger partial charge in [0.2, 0.25) is 5.91 Å². The van der Waals surface area contributed by atoms with Crippen LogP contribution in [0, 0.1) is 5.92 Å². The number of nitrogens with zero attached hydrogens (tertiary/aromatic N) is 6. The molecule has 1 aliphatic carbocycles. The van der Waals surface area contributed by atoms with E-state index >= 15 is 0 Å². The molecule has 0 unspecified atom stereocenters. The van der Waals surface area contributed by atoms with E-state index in [1.165, 1.54) is 0 Å². The van der Waals surface area contributed by atoms with Crippen molar-refractivity contribution in [3.05, 3.63) is 36.9 Å². The Balaban J connectivity index is 1.27. The van der Waals surface area contributed by atoms with Gasteiger partial charge in [-0.3, -0.25) is 19.1 Å². The van der Waals surface area contributed by atoms with E-state index in [9.17, 15) is 4.79 Å². The summed E-state index contributed by atoms with van der Waals surface area (Å²) in [6, 6.07) is 3.80. The zero-order valence-corrected chi connectivity index (χ0v) is 21.4. The lowest BCUT2D eigenvalue weighted by Gasteiger charge is -2.28. The first-order valence-corrected chi connectivity index (χ1v) is 13.0. The van der Waals surface area contributed by atoms with E-state index in [0.29, 0.717) is 36.2 Å². The lowest BCUT2D eigenvalue weighted by molar-refractivity contribution is -0.117. The van der Waals surface area contributed by atoms with Crippen LogP contribution in [0.4, 0.5) is 5.82 Å². The second kappa shape index (κ2) is 8.88. The van der Waals surface area contributed by atoms with Crippen LogP contribution in [0.5, 0.6) is 5.75 Å². The highest BCUT2D eigenvalue weighted by Gasteiger charge is 2.49. The Morgan fingerprint density at radius 2 is 2.13 bits per heavy atom. The third-order valence-electron chi connectivity index (χ3n) is 7.86. The van der Waals surface area contributed by atoms with Crippen molar-refractivity contribution in [2.24, 2.45) is 13.0 Å². The molecule has 1 amide bonds. The summed E-state index contributed by atoms with van der Waals surface area (Å²) < 4.78 is 21.6. The molecule has 2 atom stereocenters. The van der Waals surface area contributed by atoms with E-state index in [1.54, 1.807) is 24.2 Å². The predicted octanol–water partition coefficient (Wildman–Crippen LogP) is 3.37. The maximum atomic E-state index is 12.3. The lowest BCUT2D eigenvalue weighted by Crippen LogP contribution is -2.38. The maximum Gasteiger partial charge on any atom is 0.228 e. The van der Waals surface area contributed by atoms with E-state index < -0.39 is 0 Å². The van der Waals surface area contributed by atoms with E-state index in [-0.39, 0.29) is 23.5 Å². The van der Waals surface area contributed by atoms with Gasteiger partial charge in [-0.1, -0.05) is 0 Å². The molecule has 1 N–H and O–H groups in total. The minimum absolute atomic E-state index is 0.00875. The maximum absolute atomic E-state index is 12.3. The summed E-state index contributed by atoms with van der Waals surface area (Å²) in [5.74, 6) is 1.20. The van der Waals surface area contributed by atoms with Gasteiger partial charge in [-0.15, -0.1) is 0 Å². The van der Waals surface area contributed by atoms with Gasteiger partial charge in [-0.05, 0) is 37.8 Å². The SMILES string of the molecule is COc1c(-c2cnn([C@H]3COC[C@@]34CCCO4)c2)ccnc1-c1nn(C)c2cnc(NC(=O)C3CC3)cc12. The molecule has 0 aromatic carbocycles. The van der Waals surface area contributed by atoms with Crippen LogP contribution in [0.1, 0.15) is 31.7 Å². The first-order chi connectivity index (χ1) is 18.6. The van der Waals surface area contributed by atoms with Gasteiger partial charge in [0, 0.05) is 48.5 Å². The second-order valence-corrected chi connectivity index (χ2v) is 10.3. The summed E-state index contributed by atoms with van der Waals surface area (Å²) >= 11 is 0. The predicted molar refractivity (Wildman–Crippen MR) is 139 cm³/mol. The van der Waals surface area contributed by atoms with Crippen LogP contribution < -0.4 is 10.1 Å². The van der Waals surface area contributed by atoms with Crippen LogP contribution in [0.15, 0.2) is 36.9 Å². The number of aromatic nitrogens is 6. The Hall–Kier alpha value is -3.83. The number of anilines is 1. The number of rotatable bonds is 6. The Labute approximate surface area is 219 Å². The van der Waals surface area contributed by atoms with E-state index in [1.807, 2.05) is 36.3 Å². The Morgan fingerprint density at radius 1 is 1.24 bits per heavy atom. The molecule has 4 aromatic heterocycles. The molecule has 2 aliphatic heterocycles. The van der Waals surface area contributed by atoms with Crippen molar-refractivity contribution in [2.45, 2.75) is 37.3 Å². The molecule has 6 heterocycles. The molecular weight excluding hydrogens is 486 g/mol. The number of methoxy groups -OCH3 is 1. The Bertz CT molecular complexity index is 1530. The van der Waals surface area contributed by atoms with Gasteiger partial charge in [-0.25, -0.2) is 4.98 Å². The fourth-order valence-electron chi connectivity index (χ4n) is 5.67. The summed E-state index contributed by atoms with van der Waals surface area (Å²) in [6.45, 7) is 1.93. The zero-order valence-electron chi connectivity index (χ0n) is 21.4. The number of amides is 1. The number of fused-ring (bicyclic) bond motifs is 1. The number of carbonyl (C=O) groups is 1. The molecule has 4 aromatic rings. The summed E-state index contributed by atoms with van der Waals surface area (Å²) in [4.78, 5) is 21.4. The van der Waals surface area contributed by atoms with Crippen LogP contribution in [0.3, 0.4) is 0 Å². The molecule has 3 aliphatic rings. The molecule has 2 saturated heterocycles. The van der Waals surface area contributed by atoms with Crippen molar-refractivity contribution in [1.82, 2.24) is 29.5 Å². The quantitative estimate of drug-likeness (QED) is 0.415. The molecule has 3 fully saturated rings. The molecule has 11 heteroatoms. The molecule has 11 nitrogen and oxygen atoms in total. The van der Waals surface area contributed by atoms with Crippen LogP contribution in [0.25, 0.3) is 33.4 Å². The smallest absolute Gasteiger partial charge is 0.228 e. The molecule has 196 valence electrons. The molecule has 7 rings (SSSR count). The fraction of sp³-hybridized carbons (Fsp3) is 0.444. The van der Waals surface area contributed by atoms with Gasteiger partial charge < -0.3 is 19.5 Å². The van der Waals surface area contributed by atoms with Gasteiger partial charge in [0.25, 0.3) is 0 Å². The van der Waals surface area contributed by atoms with Crippen molar-refractivity contribution < 1.29 is 19.0 Å². The standard InChI is InChI=1S/C27H29N7O4/c1-33-20-12-29-22(31-26(35)16-4-5-16)10-19(20)23(32-33)24-25(36-2)18(6-8-28-24)17-11-30-34(13-17)21-14-37-15-27(21)7-3-9-38-27/h6,8,10-13,16,21H,3-5,7,9,14-15H2,1-2H3,(H,29,31,35)/t21-,27-/m0/s1. The van der Waals surface area contributed by atoms with Gasteiger partial charge in [-0.2, -0.15) is 10.2 Å². The minimum Gasteiger partial charge on any atom is -0.494 e. The lowest BCUT2D eigenvalue weighted by atomic mass is 9.94. The van der Waals surface area contributed by atoms with E-state index in [2.05, 4.69) is 15.3 Å². The first kappa shape index (κ1) is 23.3. The normalized spacial score (nSPS) is 22.9. The third kappa shape index (κ3) is 3.76. The van der Waals surface area contributed by atoms with Crippen molar-refractivity contribution in [3.63, 3.8) is 0 Å². The van der Waals surface area contributed by atoms with Crippen LogP contribution in [0.2, 0.25) is 0 Å². The number of hydrogen-bond acceptors (Lipinski definition) is 8. The van der Waals surface area contributed by atoms with Crippen molar-refractivity contribution in [3.8, 4) is 28.3 Å². The Kier molecular flexibility index (Phi) is 5.45. The number of hydrogen-bond donors (Lipinski definition) is 1. The van der Waals surface area contributed by atoms with Gasteiger partial charge in [0.1, 0.15) is 28.8 Å². The zero-order chi connectivity index (χ0) is 25.9. The van der Waals surface area contributed by atoms with Crippen LogP contribution in [-0.2, 0) is 21.3 Å². The van der Waals surface area contributed by atoms with Gasteiger partial charge in [0.05, 0.1) is 38.2 Å². The summed E-state index contributed by atoms with van der Waals surface area (Å²) in [7, 11) is 3.50. The van der Waals surface area contributed by atoms with Crippen LogP contribution >= 0.6 is 0 Å². The average molecular weight is 516 g/mol. The minimum atomic E-state index is -0.301. The largest absolute Gasteiger partial charge is 0.494 e. The highest BCUT2D eigenvalue weighted by Crippen LogP contribution is 2.43. The van der Waals surface area contributed by atoms with E-state index in [4.69, 9.17) is 24.4 Å². The summed E-state index contributed by atoms with van der Waals surface area (Å²) in [6.07, 6.45) is 11.2. The molecule has 0 bridgehead atoms. The highest BCUT2D eigenvalue weighted by molar-refractivity contribution is 5.99. The van der Waals surface area contributed by atoms with Crippen molar-refractivity contribution in [1.29, 1.82) is 0 Å². The molecule has 1 spiro atoms. The number of nitrogens with one attached hydrogen (secondary N) is 1. The first-order valence-electron chi connectivity index (χ1n) is 13.0. The van der Waals surface area contributed by atoms with Crippen LogP contribution in [-0.4, -0.2) is 68.0 Å². The van der Waals surface area contributed by atoms with E-state index in [0.717, 1.165) is 54.3 Å². The Morgan fingerprint density at radius 3 is 2.92 bits per heavy atom. The molecule has 0 radical (unpaired) electrons. The van der Waals surface area contributed by atoms with Gasteiger partial charge in [0.15, 0.2) is 5.75 Å². The van der Waals surface area contributed by atoms with Gasteiger partial charge >= 0.3 is 0 Å². The molecule has 1 saturated carbocycles. The molecular formula is C27H29N7O4. The second-order valence-electron chi connectivity index (χ2n) is 10.3. The number of carbonyl (C=O) groups excluding carboxylic acids is 1. The third-order valence-corrected chi connectivity index (χ3v) is 7.86. The molecule has 38 heavy (non-hydrogen) atoms. The number of ether oxygens (including phenoxy) is 3. The van der Waals surface area contributed by atoms with Crippen molar-refractivity contribution >= 4 is 22.6 Å². The average Bonchev–Trinajstić information content (AvgIpc) is 3.25. The number of pyridine rings is 2. The monoisotopic (exact) mass is 515 g/mol.